The number of esters is 6. The van der Waals surface area contributed by atoms with Crippen molar-refractivity contribution in [3.63, 3.8) is 0 Å². The third-order valence-corrected chi connectivity index (χ3v) is 16.9. The van der Waals surface area contributed by atoms with Crippen LogP contribution in [0, 0.1) is 47.3 Å². The number of hydrogen-bond donors (Lipinski definition) is 0. The van der Waals surface area contributed by atoms with Crippen LogP contribution < -0.4 is 18.9 Å². The highest BCUT2D eigenvalue weighted by molar-refractivity contribution is 5.95. The van der Waals surface area contributed by atoms with Crippen molar-refractivity contribution in [1.29, 1.82) is 0 Å². The maximum Gasteiger partial charge on any atom is 0.415 e. The van der Waals surface area contributed by atoms with Crippen molar-refractivity contribution >= 4 is 48.0 Å². The maximum absolute atomic E-state index is 13.6. The Morgan fingerprint density at radius 3 is 1.09 bits per heavy atom. The van der Waals surface area contributed by atoms with E-state index in [1.165, 1.54) is 110 Å². The minimum atomic E-state index is -0.901. The van der Waals surface area contributed by atoms with Crippen molar-refractivity contribution < 1.29 is 76.3 Å². The topological polar surface area (TPSA) is 217 Å². The molecular formula is C60H78N2O16. The van der Waals surface area contributed by atoms with E-state index in [9.17, 15) is 38.4 Å². The van der Waals surface area contributed by atoms with Crippen LogP contribution in [0.4, 0.5) is 9.59 Å². The van der Waals surface area contributed by atoms with E-state index >= 15 is 0 Å². The molecule has 4 saturated carbocycles. The van der Waals surface area contributed by atoms with E-state index < -0.39 is 48.0 Å². The molecule has 1 aliphatic heterocycles. The van der Waals surface area contributed by atoms with E-state index in [2.05, 4.69) is 27.0 Å². The lowest BCUT2D eigenvalue weighted by atomic mass is 9.69. The molecule has 0 aromatic heterocycles. The standard InChI is InChI=1S/C60H78N2O16/c1-5-39-9-13-41(14-10-39)43-17-21-45(22-18-43)55(65)77-51-27-25-47(37-49(51)57(67)73-35-33-71-53(63)7-3)75-59(69)61-29-31-62(32-30-61)60(70)76-48-26-28-52(50(38-48)58(68)74-36-34-72-54(64)8-4)78-56(66)46-23-19-44(20-24-46)42-15-11-40(6-2)12-16-42/h7-8,25-28,37-46H,3-6,9-24,29-36H2,1-2H3/t39-,40?,41-,42?,43?,44?,45?,46?. The fourth-order valence-corrected chi connectivity index (χ4v) is 12.0. The fourth-order valence-electron chi connectivity index (χ4n) is 12.0. The first-order valence-corrected chi connectivity index (χ1v) is 28.3. The largest absolute Gasteiger partial charge is 0.459 e. The second-order valence-corrected chi connectivity index (χ2v) is 21.5. The van der Waals surface area contributed by atoms with Gasteiger partial charge in [-0.3, -0.25) is 9.59 Å². The number of piperazine rings is 1. The normalized spacial score (nSPS) is 24.3. The number of nitrogens with zero attached hydrogens (tertiary/aromatic N) is 2. The molecule has 0 spiro atoms. The first-order valence-electron chi connectivity index (χ1n) is 28.3. The average Bonchev–Trinajstić information content (AvgIpc) is 3.47. The molecule has 0 unspecified atom stereocenters. The quantitative estimate of drug-likeness (QED) is 0.0396. The summed E-state index contributed by atoms with van der Waals surface area (Å²) in [4.78, 5) is 107. The van der Waals surface area contributed by atoms with Gasteiger partial charge >= 0.3 is 48.0 Å². The molecule has 7 rings (SSSR count). The minimum absolute atomic E-state index is 0.0367. The Bertz CT molecular complexity index is 2270. The predicted molar refractivity (Wildman–Crippen MR) is 285 cm³/mol. The Kier molecular flexibility index (Phi) is 22.2. The first-order chi connectivity index (χ1) is 37.7. The van der Waals surface area contributed by atoms with Gasteiger partial charge in [0, 0.05) is 38.3 Å². The molecule has 78 heavy (non-hydrogen) atoms. The van der Waals surface area contributed by atoms with Crippen LogP contribution >= 0.6 is 0 Å². The highest BCUT2D eigenvalue weighted by Gasteiger charge is 2.36. The van der Waals surface area contributed by atoms with Gasteiger partial charge in [-0.15, -0.1) is 0 Å². The Balaban J connectivity index is 0.931. The number of amides is 2. The van der Waals surface area contributed by atoms with Crippen molar-refractivity contribution in [2.75, 3.05) is 52.6 Å². The van der Waals surface area contributed by atoms with Gasteiger partial charge in [-0.05, 0) is 149 Å². The fraction of sp³-hybridized carbons (Fsp3) is 0.600. The number of hydrogen-bond acceptors (Lipinski definition) is 16. The number of rotatable bonds is 20. The molecule has 1 heterocycles. The molecule has 0 radical (unpaired) electrons. The number of carbonyl (C=O) groups is 8. The summed E-state index contributed by atoms with van der Waals surface area (Å²) < 4.78 is 43.6. The van der Waals surface area contributed by atoms with Gasteiger partial charge in [0.1, 0.15) is 60.6 Å². The maximum atomic E-state index is 13.6. The number of benzene rings is 2. The monoisotopic (exact) mass is 1080 g/mol. The third-order valence-electron chi connectivity index (χ3n) is 16.9. The SMILES string of the molecule is C=CC(=O)OCCOC(=O)c1cc(OC(=O)N2CCN(C(=O)Oc3ccc(OC(=O)C4CCC([C@H]5CC[C@H](CC)CC5)CC4)c(C(=O)OCCOC(=O)C=C)c3)CC2)ccc1OC(=O)C1CCC(C2CCC(CC)CC2)CC1. The summed E-state index contributed by atoms with van der Waals surface area (Å²) in [6.07, 6.45) is 19.4. The zero-order valence-electron chi connectivity index (χ0n) is 45.5. The Morgan fingerprint density at radius 2 is 0.769 bits per heavy atom. The lowest BCUT2D eigenvalue weighted by Gasteiger charge is -2.37. The number of carbonyl (C=O) groups excluding carboxylic acids is 8. The van der Waals surface area contributed by atoms with Gasteiger partial charge in [0.15, 0.2) is 0 Å². The second kappa shape index (κ2) is 29.3. The molecule has 18 nitrogen and oxygen atoms in total. The van der Waals surface area contributed by atoms with Crippen LogP contribution in [0.25, 0.3) is 0 Å². The molecule has 18 heteroatoms. The van der Waals surface area contributed by atoms with Gasteiger partial charge in [0.05, 0.1) is 11.8 Å². The van der Waals surface area contributed by atoms with Crippen molar-refractivity contribution in [3.05, 3.63) is 72.8 Å². The van der Waals surface area contributed by atoms with Gasteiger partial charge < -0.3 is 47.7 Å². The highest BCUT2D eigenvalue weighted by Crippen LogP contribution is 2.44. The summed E-state index contributed by atoms with van der Waals surface area (Å²) >= 11 is 0. The zero-order valence-corrected chi connectivity index (χ0v) is 45.5. The zero-order chi connectivity index (χ0) is 55.6. The molecule has 2 aromatic rings. The lowest BCUT2D eigenvalue weighted by molar-refractivity contribution is -0.141. The van der Waals surface area contributed by atoms with Crippen LogP contribution in [0.5, 0.6) is 23.0 Å². The van der Waals surface area contributed by atoms with Crippen molar-refractivity contribution in [2.24, 2.45) is 47.3 Å². The predicted octanol–water partition coefficient (Wildman–Crippen LogP) is 10.6. The Morgan fingerprint density at radius 1 is 0.449 bits per heavy atom. The van der Waals surface area contributed by atoms with Gasteiger partial charge in [0.25, 0.3) is 0 Å². The van der Waals surface area contributed by atoms with E-state index in [-0.39, 0.29) is 98.6 Å². The van der Waals surface area contributed by atoms with Crippen LogP contribution in [0.3, 0.4) is 0 Å². The molecule has 4 aliphatic carbocycles. The summed E-state index contributed by atoms with van der Waals surface area (Å²) in [6.45, 7) is 10.2. The molecule has 2 aromatic carbocycles. The van der Waals surface area contributed by atoms with E-state index in [0.717, 1.165) is 49.7 Å². The highest BCUT2D eigenvalue weighted by atomic mass is 16.6. The smallest absolute Gasteiger partial charge is 0.415 e. The van der Waals surface area contributed by atoms with Crippen molar-refractivity contribution in [1.82, 2.24) is 9.80 Å². The molecule has 424 valence electrons. The van der Waals surface area contributed by atoms with Crippen LogP contribution in [-0.4, -0.2) is 110 Å². The van der Waals surface area contributed by atoms with E-state index in [0.29, 0.717) is 49.4 Å². The molecular weight excluding hydrogens is 1000 g/mol. The van der Waals surface area contributed by atoms with Crippen LogP contribution in [0.2, 0.25) is 0 Å². The van der Waals surface area contributed by atoms with Gasteiger partial charge in [-0.25, -0.2) is 28.8 Å². The molecule has 1 saturated heterocycles. The van der Waals surface area contributed by atoms with E-state index in [1.54, 1.807) is 0 Å². The molecule has 0 atom stereocenters. The Hall–Kier alpha value is -6.72. The van der Waals surface area contributed by atoms with Crippen LogP contribution in [0.1, 0.15) is 150 Å². The second-order valence-electron chi connectivity index (χ2n) is 21.5. The van der Waals surface area contributed by atoms with Gasteiger partial charge in [0.2, 0.25) is 0 Å². The summed E-state index contributed by atoms with van der Waals surface area (Å²) in [6, 6.07) is 8.03. The van der Waals surface area contributed by atoms with Gasteiger partial charge in [-0.2, -0.15) is 0 Å². The lowest BCUT2D eigenvalue weighted by Crippen LogP contribution is -2.52. The summed E-state index contributed by atoms with van der Waals surface area (Å²) in [5, 5.41) is 0. The van der Waals surface area contributed by atoms with E-state index in [1.807, 2.05) is 0 Å². The van der Waals surface area contributed by atoms with Gasteiger partial charge in [-0.1, -0.05) is 65.5 Å². The average molecular weight is 1080 g/mol. The molecule has 2 amide bonds. The van der Waals surface area contributed by atoms with Crippen molar-refractivity contribution in [3.8, 4) is 23.0 Å². The third kappa shape index (κ3) is 16.7. The molecule has 5 fully saturated rings. The van der Waals surface area contributed by atoms with Crippen molar-refractivity contribution in [2.45, 2.75) is 129 Å². The van der Waals surface area contributed by atoms with Crippen LogP contribution in [0.15, 0.2) is 61.7 Å². The summed E-state index contributed by atoms with van der Waals surface area (Å²) in [5.74, 6) is -0.833. The summed E-state index contributed by atoms with van der Waals surface area (Å²) in [7, 11) is 0. The minimum Gasteiger partial charge on any atom is -0.459 e. The molecule has 0 N–H and O–H groups in total. The Labute approximate surface area is 457 Å². The van der Waals surface area contributed by atoms with Crippen LogP contribution in [-0.2, 0) is 38.1 Å². The first kappa shape index (κ1) is 59.0. The number of ether oxygens (including phenoxy) is 8. The molecule has 5 aliphatic rings. The summed E-state index contributed by atoms with van der Waals surface area (Å²) in [5.41, 5.74) is -0.349. The van der Waals surface area contributed by atoms with E-state index in [4.69, 9.17) is 37.9 Å². The molecule has 0 bridgehead atoms.